The number of imidazole rings is 1. The van der Waals surface area contributed by atoms with E-state index >= 15 is 0 Å². The van der Waals surface area contributed by atoms with Gasteiger partial charge < -0.3 is 9.30 Å². The normalized spacial score (nSPS) is 17.8. The van der Waals surface area contributed by atoms with Crippen LogP contribution < -0.4 is 4.74 Å². The molecule has 1 aliphatic heterocycles. The van der Waals surface area contributed by atoms with Crippen LogP contribution in [-0.4, -0.2) is 39.1 Å². The van der Waals surface area contributed by atoms with Gasteiger partial charge in [-0.05, 0) is 56.6 Å². The highest BCUT2D eigenvalue weighted by Crippen LogP contribution is 2.30. The maximum Gasteiger partial charge on any atom is 0.159 e. The van der Waals surface area contributed by atoms with Crippen LogP contribution in [0, 0.1) is 0 Å². The maximum atomic E-state index is 5.63. The van der Waals surface area contributed by atoms with Crippen molar-refractivity contribution >= 4 is 11.2 Å². The number of aromatic nitrogens is 3. The third kappa shape index (κ3) is 3.31. The minimum absolute atomic E-state index is 0.472. The van der Waals surface area contributed by atoms with E-state index in [0.717, 1.165) is 49.5 Å². The van der Waals surface area contributed by atoms with Crippen LogP contribution in [-0.2, 0) is 13.1 Å². The Morgan fingerprint density at radius 2 is 2.12 bits per heavy atom. The Bertz CT molecular complexity index is 889. The van der Waals surface area contributed by atoms with Gasteiger partial charge in [0.15, 0.2) is 5.65 Å². The van der Waals surface area contributed by atoms with Crippen molar-refractivity contribution in [1.29, 1.82) is 0 Å². The predicted molar refractivity (Wildman–Crippen MR) is 103 cm³/mol. The van der Waals surface area contributed by atoms with E-state index in [1.54, 1.807) is 0 Å². The van der Waals surface area contributed by atoms with Crippen molar-refractivity contribution in [3.05, 3.63) is 54.0 Å². The highest BCUT2D eigenvalue weighted by molar-refractivity contribution is 5.71. The summed E-state index contributed by atoms with van der Waals surface area (Å²) >= 11 is 0. The summed E-state index contributed by atoms with van der Waals surface area (Å²) in [7, 11) is 0. The summed E-state index contributed by atoms with van der Waals surface area (Å²) < 4.78 is 7.90. The summed E-state index contributed by atoms with van der Waals surface area (Å²) in [5, 5.41) is 0. The van der Waals surface area contributed by atoms with E-state index in [1.165, 1.54) is 11.4 Å². The second kappa shape index (κ2) is 7.46. The lowest BCUT2D eigenvalue weighted by atomic mass is 10.1. The molecule has 1 fully saturated rings. The molecule has 0 spiro atoms. The van der Waals surface area contributed by atoms with Crippen LogP contribution in [0.3, 0.4) is 0 Å². The first-order valence-electron chi connectivity index (χ1n) is 9.53. The van der Waals surface area contributed by atoms with E-state index in [-0.39, 0.29) is 0 Å². The van der Waals surface area contributed by atoms with Crippen molar-refractivity contribution in [1.82, 2.24) is 19.4 Å². The van der Waals surface area contributed by atoms with Crippen molar-refractivity contribution in [2.24, 2.45) is 0 Å². The molecule has 136 valence electrons. The SMILES string of the molecule is CCOc1cccc(CN2CC[C@@H](c3nc4cccnc4n3CC)C2)c1. The minimum Gasteiger partial charge on any atom is -0.494 e. The summed E-state index contributed by atoms with van der Waals surface area (Å²) in [6.07, 6.45) is 3.00. The smallest absolute Gasteiger partial charge is 0.159 e. The number of hydrogen-bond donors (Lipinski definition) is 0. The minimum atomic E-state index is 0.472. The van der Waals surface area contributed by atoms with Gasteiger partial charge in [-0.1, -0.05) is 12.1 Å². The van der Waals surface area contributed by atoms with E-state index in [2.05, 4.69) is 45.6 Å². The largest absolute Gasteiger partial charge is 0.494 e. The summed E-state index contributed by atoms with van der Waals surface area (Å²) in [5.74, 6) is 2.62. The molecule has 3 heterocycles. The zero-order valence-electron chi connectivity index (χ0n) is 15.6. The summed E-state index contributed by atoms with van der Waals surface area (Å²) in [4.78, 5) is 11.9. The molecular formula is C21H26N4O. The van der Waals surface area contributed by atoms with E-state index in [0.29, 0.717) is 12.5 Å². The Kier molecular flexibility index (Phi) is 4.89. The maximum absolute atomic E-state index is 5.63. The molecule has 0 unspecified atom stereocenters. The molecule has 0 N–H and O–H groups in total. The highest BCUT2D eigenvalue weighted by Gasteiger charge is 2.28. The first-order chi connectivity index (χ1) is 12.8. The molecule has 3 aromatic rings. The summed E-state index contributed by atoms with van der Waals surface area (Å²) in [6.45, 7) is 8.91. The zero-order chi connectivity index (χ0) is 17.9. The van der Waals surface area contributed by atoms with Crippen LogP contribution in [0.15, 0.2) is 42.6 Å². The van der Waals surface area contributed by atoms with Gasteiger partial charge in [-0.15, -0.1) is 0 Å². The van der Waals surface area contributed by atoms with Gasteiger partial charge in [0.2, 0.25) is 0 Å². The second-order valence-electron chi connectivity index (χ2n) is 6.86. The van der Waals surface area contributed by atoms with E-state index in [1.807, 2.05) is 25.3 Å². The number of aryl methyl sites for hydroxylation is 1. The first-order valence-corrected chi connectivity index (χ1v) is 9.53. The molecule has 1 saturated heterocycles. The van der Waals surface area contributed by atoms with E-state index in [4.69, 9.17) is 9.72 Å². The monoisotopic (exact) mass is 350 g/mol. The Morgan fingerprint density at radius 1 is 1.19 bits per heavy atom. The predicted octanol–water partition coefficient (Wildman–Crippen LogP) is 3.84. The van der Waals surface area contributed by atoms with Crippen LogP contribution in [0.2, 0.25) is 0 Å². The molecule has 0 aliphatic carbocycles. The third-order valence-electron chi connectivity index (χ3n) is 5.10. The molecule has 4 rings (SSSR count). The van der Waals surface area contributed by atoms with Gasteiger partial charge in [0.1, 0.15) is 17.1 Å². The van der Waals surface area contributed by atoms with Crippen LogP contribution in [0.1, 0.15) is 37.6 Å². The Labute approximate surface area is 154 Å². The zero-order valence-corrected chi connectivity index (χ0v) is 15.6. The van der Waals surface area contributed by atoms with Crippen molar-refractivity contribution in [3.8, 4) is 5.75 Å². The number of ether oxygens (including phenoxy) is 1. The molecule has 5 nitrogen and oxygen atoms in total. The van der Waals surface area contributed by atoms with Gasteiger partial charge in [0.05, 0.1) is 6.61 Å². The average Bonchev–Trinajstić information content (AvgIpc) is 3.26. The van der Waals surface area contributed by atoms with Crippen molar-refractivity contribution < 1.29 is 4.74 Å². The number of benzene rings is 1. The molecular weight excluding hydrogens is 324 g/mol. The number of rotatable bonds is 6. The number of likely N-dealkylation sites (tertiary alicyclic amines) is 1. The van der Waals surface area contributed by atoms with Crippen molar-refractivity contribution in [2.45, 2.75) is 39.3 Å². The van der Waals surface area contributed by atoms with Crippen molar-refractivity contribution in [3.63, 3.8) is 0 Å². The standard InChI is InChI=1S/C21H26N4O/c1-3-25-20(23-19-9-6-11-22-21(19)25)17-10-12-24(15-17)14-16-7-5-8-18(13-16)26-4-2/h5-9,11,13,17H,3-4,10,12,14-15H2,1-2H3/t17-/m1/s1. The quantitative estimate of drug-likeness (QED) is 0.677. The van der Waals surface area contributed by atoms with Crippen molar-refractivity contribution in [2.75, 3.05) is 19.7 Å². The van der Waals surface area contributed by atoms with Gasteiger partial charge in [-0.25, -0.2) is 9.97 Å². The number of nitrogens with zero attached hydrogens (tertiary/aromatic N) is 4. The van der Waals surface area contributed by atoms with Crippen LogP contribution >= 0.6 is 0 Å². The topological polar surface area (TPSA) is 43.2 Å². The highest BCUT2D eigenvalue weighted by atomic mass is 16.5. The molecule has 0 radical (unpaired) electrons. The fourth-order valence-corrected chi connectivity index (χ4v) is 3.94. The number of pyridine rings is 1. The molecule has 1 aromatic carbocycles. The fourth-order valence-electron chi connectivity index (χ4n) is 3.94. The third-order valence-corrected chi connectivity index (χ3v) is 5.10. The van der Waals surface area contributed by atoms with Gasteiger partial charge in [-0.2, -0.15) is 0 Å². The molecule has 0 amide bonds. The first kappa shape index (κ1) is 17.0. The molecule has 2 aromatic heterocycles. The molecule has 0 bridgehead atoms. The molecule has 0 saturated carbocycles. The number of hydrogen-bond acceptors (Lipinski definition) is 4. The Morgan fingerprint density at radius 3 is 2.96 bits per heavy atom. The number of fused-ring (bicyclic) bond motifs is 1. The molecule has 26 heavy (non-hydrogen) atoms. The molecule has 1 atom stereocenters. The summed E-state index contributed by atoms with van der Waals surface area (Å²) in [6, 6.07) is 12.5. The average molecular weight is 350 g/mol. The lowest BCUT2D eigenvalue weighted by molar-refractivity contribution is 0.320. The Balaban J connectivity index is 1.50. The molecule has 1 aliphatic rings. The van der Waals surface area contributed by atoms with Gasteiger partial charge in [0, 0.05) is 31.7 Å². The summed E-state index contributed by atoms with van der Waals surface area (Å²) in [5.41, 5.74) is 3.32. The van der Waals surface area contributed by atoms with E-state index < -0.39 is 0 Å². The molecule has 5 heteroatoms. The van der Waals surface area contributed by atoms with Crippen LogP contribution in [0.25, 0.3) is 11.2 Å². The lowest BCUT2D eigenvalue weighted by Crippen LogP contribution is -2.20. The van der Waals surface area contributed by atoms with Crippen LogP contribution in [0.4, 0.5) is 0 Å². The van der Waals surface area contributed by atoms with Gasteiger partial charge >= 0.3 is 0 Å². The fraction of sp³-hybridized carbons (Fsp3) is 0.429. The van der Waals surface area contributed by atoms with E-state index in [9.17, 15) is 0 Å². The van der Waals surface area contributed by atoms with Gasteiger partial charge in [-0.3, -0.25) is 4.90 Å². The van der Waals surface area contributed by atoms with Gasteiger partial charge in [0.25, 0.3) is 0 Å². The lowest BCUT2D eigenvalue weighted by Gasteiger charge is -2.17. The van der Waals surface area contributed by atoms with Crippen LogP contribution in [0.5, 0.6) is 5.75 Å². The Hall–Kier alpha value is -2.40. The second-order valence-corrected chi connectivity index (χ2v) is 6.86.